The quantitative estimate of drug-likeness (QED) is 0.152. The lowest BCUT2D eigenvalue weighted by Crippen LogP contribution is -2.11. The minimum absolute atomic E-state index is 0.782. The summed E-state index contributed by atoms with van der Waals surface area (Å²) in [5.74, 6) is 0.782. The van der Waals surface area contributed by atoms with E-state index in [0.717, 1.165) is 106 Å². The van der Waals surface area contributed by atoms with Gasteiger partial charge in [0.1, 0.15) is 28.1 Å². The predicted molar refractivity (Wildman–Crippen MR) is 318 cm³/mol. The van der Waals surface area contributed by atoms with Gasteiger partial charge >= 0.3 is 0 Å². The third kappa shape index (κ3) is 6.93. The Morgan fingerprint density at radius 1 is 0.273 bits per heavy atom. The summed E-state index contributed by atoms with van der Waals surface area (Å²) < 4.78 is 17.4. The second kappa shape index (κ2) is 17.1. The van der Waals surface area contributed by atoms with Crippen LogP contribution in [-0.4, -0.2) is 14.1 Å². The van der Waals surface area contributed by atoms with Crippen molar-refractivity contribution in [3.63, 3.8) is 0 Å². The first kappa shape index (κ1) is 43.0. The number of hydrogen-bond donors (Lipinski definition) is 0. The Morgan fingerprint density at radius 3 is 1.16 bits per heavy atom. The lowest BCUT2D eigenvalue weighted by atomic mass is 9.92. The number of pyridine rings is 1. The Bertz CT molecular complexity index is 4700. The third-order valence-electron chi connectivity index (χ3n) is 15.5. The van der Waals surface area contributed by atoms with Gasteiger partial charge < -0.3 is 18.0 Å². The molecule has 0 aliphatic heterocycles. The summed E-state index contributed by atoms with van der Waals surface area (Å²) >= 11 is 0. The SMILES string of the molecule is c1ccc(-n2c3ccccc3c3cc(-c4cc(-c5ccc(N(c6ccc7oc8ccccc8c7c6)c6ccc7oc8ccccc8c7c6)nc5)cc(-c5ccc6c(c5)c5ccccc5n6-c5ccccc5)c4)ccc32)cc1. The summed E-state index contributed by atoms with van der Waals surface area (Å²) in [6, 6.07) is 93.2. The maximum Gasteiger partial charge on any atom is 0.137 e. The molecule has 0 spiro atoms. The smallest absolute Gasteiger partial charge is 0.137 e. The Labute approximate surface area is 442 Å². The molecule has 5 heterocycles. The first-order valence-electron chi connectivity index (χ1n) is 26.1. The zero-order valence-corrected chi connectivity index (χ0v) is 41.5. The molecule has 0 aliphatic rings. The zero-order valence-electron chi connectivity index (χ0n) is 41.5. The molecule has 0 radical (unpaired) electrons. The molecule has 0 bridgehead atoms. The minimum Gasteiger partial charge on any atom is -0.456 e. The van der Waals surface area contributed by atoms with Crippen LogP contribution < -0.4 is 4.90 Å². The number of anilines is 3. The molecule has 0 atom stereocenters. The van der Waals surface area contributed by atoms with Crippen LogP contribution in [0.15, 0.2) is 276 Å². The fourth-order valence-electron chi connectivity index (χ4n) is 12.0. The van der Waals surface area contributed by atoms with Gasteiger partial charge in [0.25, 0.3) is 0 Å². The van der Waals surface area contributed by atoms with E-state index in [1.807, 2.05) is 30.5 Å². The highest BCUT2D eigenvalue weighted by atomic mass is 16.3. The van der Waals surface area contributed by atoms with Crippen LogP contribution in [0.5, 0.6) is 0 Å². The Kier molecular flexibility index (Phi) is 9.53. The van der Waals surface area contributed by atoms with E-state index in [1.165, 1.54) is 43.6 Å². The molecular weight excluding hydrogens is 941 g/mol. The van der Waals surface area contributed by atoms with Crippen LogP contribution in [0.1, 0.15) is 0 Å². The van der Waals surface area contributed by atoms with Crippen LogP contribution in [0.2, 0.25) is 0 Å². The van der Waals surface area contributed by atoms with Crippen molar-refractivity contribution in [2.75, 3.05) is 4.90 Å². The van der Waals surface area contributed by atoms with Gasteiger partial charge in [-0.05, 0) is 167 Å². The number of benzene rings is 11. The first-order valence-corrected chi connectivity index (χ1v) is 26.1. The van der Waals surface area contributed by atoms with Crippen molar-refractivity contribution in [1.29, 1.82) is 0 Å². The fourth-order valence-corrected chi connectivity index (χ4v) is 12.0. The molecule has 0 saturated heterocycles. The molecule has 16 aromatic rings. The van der Waals surface area contributed by atoms with Gasteiger partial charge in [-0.25, -0.2) is 4.98 Å². The summed E-state index contributed by atoms with van der Waals surface area (Å²) in [7, 11) is 0. The van der Waals surface area contributed by atoms with Gasteiger partial charge in [0.15, 0.2) is 0 Å². The van der Waals surface area contributed by atoms with Crippen molar-refractivity contribution in [2.24, 2.45) is 0 Å². The summed E-state index contributed by atoms with van der Waals surface area (Å²) in [5, 5.41) is 9.08. The van der Waals surface area contributed by atoms with Crippen LogP contribution in [-0.2, 0) is 0 Å². The number of nitrogens with zero attached hydrogens (tertiary/aromatic N) is 4. The number of para-hydroxylation sites is 6. The van der Waals surface area contributed by atoms with E-state index >= 15 is 0 Å². The zero-order chi connectivity index (χ0) is 50.6. The highest BCUT2D eigenvalue weighted by Gasteiger charge is 2.21. The standard InChI is InChI=1S/C71H44N4O2/c1-3-15-51(16-4-1)74-63-23-11-7-19-55(63)59-40-45(27-32-65(59)74)48-37-49(46-28-33-66-60(41-46)56-20-8-12-24-64(56)75(66)52-17-5-2-6-18-52)39-50(38-48)47-29-36-71(72-44-47)73(53-30-34-69-61(42-53)57-21-9-13-25-67(57)76-69)54-31-35-70-62(43-54)58-22-10-14-26-68(58)77-70/h1-44H. The number of aromatic nitrogens is 3. The van der Waals surface area contributed by atoms with Crippen molar-refractivity contribution in [3.05, 3.63) is 267 Å². The van der Waals surface area contributed by atoms with Crippen LogP contribution in [0.4, 0.5) is 17.2 Å². The van der Waals surface area contributed by atoms with Crippen LogP contribution in [0, 0.1) is 0 Å². The maximum atomic E-state index is 6.31. The van der Waals surface area contributed by atoms with E-state index < -0.39 is 0 Å². The number of rotatable bonds is 8. The van der Waals surface area contributed by atoms with Crippen molar-refractivity contribution in [2.45, 2.75) is 0 Å². The van der Waals surface area contributed by atoms with Crippen LogP contribution >= 0.6 is 0 Å². The molecule has 0 aliphatic carbocycles. The third-order valence-corrected chi connectivity index (χ3v) is 15.5. The molecule has 0 amide bonds. The van der Waals surface area contributed by atoms with E-state index in [2.05, 4.69) is 251 Å². The number of furan rings is 2. The molecule has 5 aromatic heterocycles. The highest BCUT2D eigenvalue weighted by molar-refractivity contribution is 6.13. The molecule has 6 heteroatoms. The van der Waals surface area contributed by atoms with Crippen LogP contribution in [0.3, 0.4) is 0 Å². The van der Waals surface area contributed by atoms with Crippen molar-refractivity contribution in [3.8, 4) is 44.8 Å². The summed E-state index contributed by atoms with van der Waals surface area (Å²) in [5.41, 5.74) is 18.9. The molecule has 0 fully saturated rings. The number of hydrogen-bond acceptors (Lipinski definition) is 4. The van der Waals surface area contributed by atoms with Gasteiger partial charge in [-0.15, -0.1) is 0 Å². The van der Waals surface area contributed by atoms with Crippen LogP contribution in [0.25, 0.3) is 132 Å². The molecule has 0 unspecified atom stereocenters. The van der Waals surface area contributed by atoms with E-state index in [-0.39, 0.29) is 0 Å². The molecule has 77 heavy (non-hydrogen) atoms. The summed E-state index contributed by atoms with van der Waals surface area (Å²) in [6.07, 6.45) is 2.02. The van der Waals surface area contributed by atoms with Gasteiger partial charge in [0.05, 0.1) is 22.1 Å². The van der Waals surface area contributed by atoms with Gasteiger partial charge in [-0.2, -0.15) is 0 Å². The highest BCUT2D eigenvalue weighted by Crippen LogP contribution is 2.43. The van der Waals surface area contributed by atoms with Gasteiger partial charge in [-0.3, -0.25) is 4.90 Å². The Hall–Kier alpha value is -10.4. The van der Waals surface area contributed by atoms with Gasteiger partial charge in [-0.1, -0.05) is 121 Å². The number of fused-ring (bicyclic) bond motifs is 12. The molecular formula is C71H44N4O2. The summed E-state index contributed by atoms with van der Waals surface area (Å²) in [6.45, 7) is 0. The van der Waals surface area contributed by atoms with Crippen molar-refractivity contribution < 1.29 is 8.83 Å². The predicted octanol–water partition coefficient (Wildman–Crippen LogP) is 19.5. The largest absolute Gasteiger partial charge is 0.456 e. The lowest BCUT2D eigenvalue weighted by molar-refractivity contribution is 0.668. The van der Waals surface area contributed by atoms with E-state index in [9.17, 15) is 0 Å². The second-order valence-electron chi connectivity index (χ2n) is 19.9. The summed E-state index contributed by atoms with van der Waals surface area (Å²) in [4.78, 5) is 7.59. The average Bonchev–Trinajstić information content (AvgIpc) is 4.29. The first-order chi connectivity index (χ1) is 38.1. The average molecular weight is 985 g/mol. The Balaban J connectivity index is 0.873. The maximum absolute atomic E-state index is 6.31. The van der Waals surface area contributed by atoms with E-state index in [1.54, 1.807) is 0 Å². The fraction of sp³-hybridized carbons (Fsp3) is 0. The van der Waals surface area contributed by atoms with Gasteiger partial charge in [0, 0.05) is 77.6 Å². The molecule has 16 rings (SSSR count). The lowest BCUT2D eigenvalue weighted by Gasteiger charge is -2.24. The van der Waals surface area contributed by atoms with Gasteiger partial charge in [0.2, 0.25) is 0 Å². The monoisotopic (exact) mass is 984 g/mol. The molecule has 0 saturated carbocycles. The molecule has 360 valence electrons. The topological polar surface area (TPSA) is 52.3 Å². The second-order valence-corrected chi connectivity index (χ2v) is 19.9. The van der Waals surface area contributed by atoms with Crippen molar-refractivity contribution >= 4 is 105 Å². The van der Waals surface area contributed by atoms with E-state index in [4.69, 9.17) is 13.8 Å². The minimum atomic E-state index is 0.782. The van der Waals surface area contributed by atoms with E-state index in [0.29, 0.717) is 0 Å². The normalized spacial score (nSPS) is 11.9. The molecule has 0 N–H and O–H groups in total. The molecule has 6 nitrogen and oxygen atoms in total. The van der Waals surface area contributed by atoms with Crippen molar-refractivity contribution in [1.82, 2.24) is 14.1 Å². The Morgan fingerprint density at radius 2 is 0.675 bits per heavy atom. The molecule has 11 aromatic carbocycles.